The fourth-order valence-corrected chi connectivity index (χ4v) is 0.879. The van der Waals surface area contributed by atoms with Crippen LogP contribution in [0.2, 0.25) is 0 Å². The Kier molecular flexibility index (Phi) is 3.09. The first-order valence-corrected chi connectivity index (χ1v) is 3.75. The highest BCUT2D eigenvalue weighted by molar-refractivity contribution is 5.83. The lowest BCUT2D eigenvalue weighted by Crippen LogP contribution is -2.18. The van der Waals surface area contributed by atoms with Crippen LogP contribution >= 0.6 is 0 Å². The number of benzene rings is 1. The molecule has 0 aromatic heterocycles. The second-order valence-corrected chi connectivity index (χ2v) is 2.43. The van der Waals surface area contributed by atoms with Crippen LogP contribution in [0, 0.1) is 0 Å². The molecule has 13 heavy (non-hydrogen) atoms. The van der Waals surface area contributed by atoms with E-state index in [9.17, 15) is 9.90 Å². The minimum Gasteiger partial charge on any atom is -0.545 e. The zero-order valence-electron chi connectivity index (χ0n) is 7.19. The maximum atomic E-state index is 10.1. The minimum atomic E-state index is -1.20. The number of rotatable bonds is 3. The van der Waals surface area contributed by atoms with E-state index in [1.807, 2.05) is 0 Å². The molecule has 0 bridgehead atoms. The first kappa shape index (κ1) is 9.32. The van der Waals surface area contributed by atoms with Gasteiger partial charge in [0.05, 0.1) is 13.1 Å². The average Bonchev–Trinajstić information content (AvgIpc) is 2.15. The molecular formula is C10H9O3-. The zero-order valence-corrected chi connectivity index (χ0v) is 7.19. The molecule has 0 heterocycles. The van der Waals surface area contributed by atoms with Crippen LogP contribution in [-0.4, -0.2) is 13.1 Å². The lowest BCUT2D eigenvalue weighted by molar-refractivity contribution is -0.297. The second-order valence-electron chi connectivity index (χ2n) is 2.43. The van der Waals surface area contributed by atoms with Crippen LogP contribution in [0.4, 0.5) is 0 Å². The molecule has 0 saturated heterocycles. The van der Waals surface area contributed by atoms with Crippen molar-refractivity contribution in [2.45, 2.75) is 0 Å². The van der Waals surface area contributed by atoms with Crippen molar-refractivity contribution in [1.82, 2.24) is 0 Å². The quantitative estimate of drug-likeness (QED) is 0.630. The number of carbonyl (C=O) groups excluding carboxylic acids is 1. The number of hydrogen-bond acceptors (Lipinski definition) is 3. The standard InChI is InChI=1S/C10H10O3/c1-13-9-5-2-8(3-6-9)4-7-10(11)12/h2-7H,1H3,(H,11,12)/p-1. The average molecular weight is 177 g/mol. The van der Waals surface area contributed by atoms with Gasteiger partial charge in [-0.15, -0.1) is 0 Å². The summed E-state index contributed by atoms with van der Waals surface area (Å²) >= 11 is 0. The highest BCUT2D eigenvalue weighted by atomic mass is 16.5. The molecule has 0 aliphatic rings. The predicted octanol–water partition coefficient (Wildman–Crippen LogP) is 0.458. The fraction of sp³-hybridized carbons (Fsp3) is 0.100. The molecule has 0 aliphatic heterocycles. The third kappa shape index (κ3) is 2.99. The van der Waals surface area contributed by atoms with E-state index >= 15 is 0 Å². The van der Waals surface area contributed by atoms with Crippen molar-refractivity contribution in [2.75, 3.05) is 7.11 Å². The van der Waals surface area contributed by atoms with Gasteiger partial charge in [0.15, 0.2) is 0 Å². The summed E-state index contributed by atoms with van der Waals surface area (Å²) in [6.45, 7) is 0. The van der Waals surface area contributed by atoms with Crippen LogP contribution in [0.15, 0.2) is 30.3 Å². The molecule has 3 heteroatoms. The Morgan fingerprint density at radius 2 is 2.00 bits per heavy atom. The first-order chi connectivity index (χ1) is 6.22. The smallest absolute Gasteiger partial charge is 0.118 e. The zero-order chi connectivity index (χ0) is 9.68. The number of carboxylic acid groups (broad SMARTS) is 1. The Morgan fingerprint density at radius 3 is 2.46 bits per heavy atom. The van der Waals surface area contributed by atoms with Crippen LogP contribution in [0.1, 0.15) is 5.56 Å². The van der Waals surface area contributed by atoms with Gasteiger partial charge in [0, 0.05) is 0 Å². The molecule has 0 spiro atoms. The summed E-state index contributed by atoms with van der Waals surface area (Å²) in [6, 6.07) is 7.04. The third-order valence-corrected chi connectivity index (χ3v) is 1.53. The van der Waals surface area contributed by atoms with Gasteiger partial charge in [-0.25, -0.2) is 0 Å². The SMILES string of the molecule is COc1ccc(C=CC(=O)[O-])cc1. The summed E-state index contributed by atoms with van der Waals surface area (Å²) in [5, 5.41) is 10.1. The molecule has 1 aromatic carbocycles. The van der Waals surface area contributed by atoms with Gasteiger partial charge < -0.3 is 14.6 Å². The van der Waals surface area contributed by atoms with Gasteiger partial charge in [0.2, 0.25) is 0 Å². The molecule has 0 aliphatic carbocycles. The van der Waals surface area contributed by atoms with Crippen LogP contribution in [-0.2, 0) is 4.79 Å². The van der Waals surface area contributed by atoms with Crippen molar-refractivity contribution in [3.8, 4) is 5.75 Å². The summed E-state index contributed by atoms with van der Waals surface area (Å²) < 4.78 is 4.94. The van der Waals surface area contributed by atoms with Gasteiger partial charge in [-0.3, -0.25) is 0 Å². The molecular weight excluding hydrogens is 168 g/mol. The molecule has 0 saturated carbocycles. The summed E-state index contributed by atoms with van der Waals surface area (Å²) in [5.41, 5.74) is 0.796. The summed E-state index contributed by atoms with van der Waals surface area (Å²) in [5.74, 6) is -0.457. The molecule has 0 fully saturated rings. The Balaban J connectivity index is 2.75. The molecule has 0 atom stereocenters. The van der Waals surface area contributed by atoms with Gasteiger partial charge in [-0.05, 0) is 23.8 Å². The predicted molar refractivity (Wildman–Crippen MR) is 47.0 cm³/mol. The molecule has 0 amide bonds. The highest BCUT2D eigenvalue weighted by Crippen LogP contribution is 2.11. The molecule has 68 valence electrons. The molecule has 1 aromatic rings. The van der Waals surface area contributed by atoms with Gasteiger partial charge in [-0.1, -0.05) is 18.2 Å². The lowest BCUT2D eigenvalue weighted by atomic mass is 10.2. The Hall–Kier alpha value is -1.77. The van der Waals surface area contributed by atoms with E-state index in [0.29, 0.717) is 0 Å². The van der Waals surface area contributed by atoms with Crippen molar-refractivity contribution in [3.05, 3.63) is 35.9 Å². The van der Waals surface area contributed by atoms with Crippen molar-refractivity contribution >= 4 is 12.0 Å². The van der Waals surface area contributed by atoms with Crippen LogP contribution in [0.5, 0.6) is 5.75 Å². The number of carbonyl (C=O) groups is 1. The number of aliphatic carboxylic acids is 1. The molecule has 0 N–H and O–H groups in total. The van der Waals surface area contributed by atoms with Crippen LogP contribution in [0.25, 0.3) is 6.08 Å². The second kappa shape index (κ2) is 4.30. The van der Waals surface area contributed by atoms with Gasteiger partial charge in [0.1, 0.15) is 5.75 Å². The van der Waals surface area contributed by atoms with E-state index in [0.717, 1.165) is 17.4 Å². The normalized spacial score (nSPS) is 10.2. The summed E-state index contributed by atoms with van der Waals surface area (Å²) in [4.78, 5) is 10.1. The van der Waals surface area contributed by atoms with Gasteiger partial charge >= 0.3 is 0 Å². The highest BCUT2D eigenvalue weighted by Gasteiger charge is 1.89. The topological polar surface area (TPSA) is 49.4 Å². The molecule has 0 unspecified atom stereocenters. The monoisotopic (exact) mass is 177 g/mol. The van der Waals surface area contributed by atoms with Crippen LogP contribution < -0.4 is 9.84 Å². The Morgan fingerprint density at radius 1 is 1.38 bits per heavy atom. The van der Waals surface area contributed by atoms with E-state index in [4.69, 9.17) is 4.74 Å². The van der Waals surface area contributed by atoms with Crippen molar-refractivity contribution in [1.29, 1.82) is 0 Å². The maximum absolute atomic E-state index is 10.1. The summed E-state index contributed by atoms with van der Waals surface area (Å²) in [7, 11) is 1.58. The third-order valence-electron chi connectivity index (χ3n) is 1.53. The fourth-order valence-electron chi connectivity index (χ4n) is 0.879. The number of carboxylic acids is 1. The van der Waals surface area contributed by atoms with Crippen molar-refractivity contribution < 1.29 is 14.6 Å². The number of ether oxygens (including phenoxy) is 1. The van der Waals surface area contributed by atoms with E-state index in [-0.39, 0.29) is 0 Å². The van der Waals surface area contributed by atoms with Crippen molar-refractivity contribution in [2.24, 2.45) is 0 Å². The largest absolute Gasteiger partial charge is 0.545 e. The minimum absolute atomic E-state index is 0.741. The van der Waals surface area contributed by atoms with Gasteiger partial charge in [0.25, 0.3) is 0 Å². The number of methoxy groups -OCH3 is 1. The molecule has 0 radical (unpaired) electrons. The number of hydrogen-bond donors (Lipinski definition) is 0. The lowest BCUT2D eigenvalue weighted by Gasteiger charge is -1.99. The van der Waals surface area contributed by atoms with E-state index < -0.39 is 5.97 Å². The maximum Gasteiger partial charge on any atom is 0.118 e. The van der Waals surface area contributed by atoms with Crippen molar-refractivity contribution in [3.63, 3.8) is 0 Å². The Bertz CT molecular complexity index is 311. The van der Waals surface area contributed by atoms with Crippen LogP contribution in [0.3, 0.4) is 0 Å². The molecule has 3 nitrogen and oxygen atoms in total. The molecule has 1 rings (SSSR count). The Labute approximate surface area is 76.3 Å². The van der Waals surface area contributed by atoms with Gasteiger partial charge in [-0.2, -0.15) is 0 Å². The van der Waals surface area contributed by atoms with E-state index in [1.54, 1.807) is 31.4 Å². The van der Waals surface area contributed by atoms with E-state index in [2.05, 4.69) is 0 Å². The summed E-state index contributed by atoms with van der Waals surface area (Å²) in [6.07, 6.45) is 2.45. The first-order valence-electron chi connectivity index (χ1n) is 3.75. The van der Waals surface area contributed by atoms with E-state index in [1.165, 1.54) is 6.08 Å².